The molecule has 0 radical (unpaired) electrons. The molecule has 0 aliphatic heterocycles. The maximum Gasteiger partial charge on any atom is 0.253 e. The number of thiophene rings is 1. The van der Waals surface area contributed by atoms with Gasteiger partial charge in [0.25, 0.3) is 5.95 Å². The van der Waals surface area contributed by atoms with Gasteiger partial charge in [0.15, 0.2) is 0 Å². The predicted molar refractivity (Wildman–Crippen MR) is 122 cm³/mol. The lowest BCUT2D eigenvalue weighted by atomic mass is 9.97. The molecule has 4 aromatic heterocycles. The minimum absolute atomic E-state index is 0.0510. The zero-order valence-corrected chi connectivity index (χ0v) is 19.1. The number of carbonyl (C=O) groups is 1. The van der Waals surface area contributed by atoms with E-state index in [0.717, 1.165) is 45.2 Å². The van der Waals surface area contributed by atoms with Crippen LogP contribution in [0, 0.1) is 13.8 Å². The molecule has 0 unspecified atom stereocenters. The van der Waals surface area contributed by atoms with Crippen molar-refractivity contribution in [2.45, 2.75) is 51.1 Å². The summed E-state index contributed by atoms with van der Waals surface area (Å²) in [6.07, 6.45) is 6.16. The zero-order chi connectivity index (χ0) is 21.4. The van der Waals surface area contributed by atoms with Crippen LogP contribution in [-0.4, -0.2) is 31.4 Å². The highest BCUT2D eigenvalue weighted by Gasteiger charge is 2.23. The zero-order valence-electron chi connectivity index (χ0n) is 17.5. The maximum atomic E-state index is 12.5. The number of furan rings is 1. The third-order valence-corrected chi connectivity index (χ3v) is 7.51. The van der Waals surface area contributed by atoms with Crippen molar-refractivity contribution in [3.63, 3.8) is 0 Å². The first kappa shape index (κ1) is 20.3. The summed E-state index contributed by atoms with van der Waals surface area (Å²) in [6.45, 7) is 4.35. The van der Waals surface area contributed by atoms with Gasteiger partial charge < -0.3 is 9.73 Å². The first-order chi connectivity index (χ1) is 15.1. The molecular weight excluding hydrogens is 430 g/mol. The smallest absolute Gasteiger partial charge is 0.253 e. The van der Waals surface area contributed by atoms with Gasteiger partial charge in [0, 0.05) is 16.0 Å². The number of rotatable bonds is 6. The number of fused-ring (bicyclic) bond motifs is 3. The van der Waals surface area contributed by atoms with Crippen LogP contribution < -0.4 is 5.32 Å². The molecule has 1 aliphatic carbocycles. The van der Waals surface area contributed by atoms with Crippen LogP contribution in [0.3, 0.4) is 0 Å². The topological polar surface area (TPSA) is 85.8 Å². The average Bonchev–Trinajstić information content (AvgIpc) is 3.48. The van der Waals surface area contributed by atoms with Gasteiger partial charge in [-0.05, 0) is 63.3 Å². The monoisotopic (exact) mass is 453 g/mol. The molecule has 5 rings (SSSR count). The molecule has 0 atom stereocenters. The van der Waals surface area contributed by atoms with E-state index in [9.17, 15) is 4.79 Å². The Hall–Kier alpha value is -2.65. The van der Waals surface area contributed by atoms with E-state index in [1.54, 1.807) is 22.3 Å². The van der Waals surface area contributed by atoms with Crippen LogP contribution in [0.1, 0.15) is 40.4 Å². The Balaban J connectivity index is 1.46. The first-order valence-corrected chi connectivity index (χ1v) is 12.2. The van der Waals surface area contributed by atoms with Gasteiger partial charge in [-0.15, -0.1) is 11.3 Å². The van der Waals surface area contributed by atoms with E-state index >= 15 is 0 Å². The van der Waals surface area contributed by atoms with Crippen LogP contribution in [0.25, 0.3) is 16.2 Å². The quantitative estimate of drug-likeness (QED) is 0.345. The number of nitrogens with zero attached hydrogens (tertiary/aromatic N) is 4. The number of thioether (sulfide) groups is 1. The van der Waals surface area contributed by atoms with Crippen LogP contribution in [0.2, 0.25) is 0 Å². The number of aromatic nitrogens is 4. The van der Waals surface area contributed by atoms with E-state index in [2.05, 4.69) is 10.4 Å². The van der Waals surface area contributed by atoms with Crippen molar-refractivity contribution in [2.75, 3.05) is 5.75 Å². The fraction of sp³-hybridized carbons (Fsp3) is 0.364. The summed E-state index contributed by atoms with van der Waals surface area (Å²) in [5.41, 5.74) is 3.29. The van der Waals surface area contributed by atoms with Crippen LogP contribution in [0.5, 0.6) is 0 Å². The largest absolute Gasteiger partial charge is 0.467 e. The number of hydrogen-bond donors (Lipinski definition) is 1. The van der Waals surface area contributed by atoms with Crippen molar-refractivity contribution >= 4 is 39.2 Å². The van der Waals surface area contributed by atoms with Crippen molar-refractivity contribution in [3.05, 3.63) is 52.1 Å². The second-order valence-corrected chi connectivity index (χ2v) is 9.75. The Bertz CT molecular complexity index is 1240. The second-order valence-electron chi connectivity index (χ2n) is 7.70. The van der Waals surface area contributed by atoms with E-state index in [0.29, 0.717) is 12.5 Å². The van der Waals surface area contributed by atoms with E-state index in [1.165, 1.54) is 35.0 Å². The molecule has 0 saturated carbocycles. The van der Waals surface area contributed by atoms with Gasteiger partial charge in [-0.25, -0.2) is 9.67 Å². The second kappa shape index (κ2) is 8.47. The molecule has 0 bridgehead atoms. The van der Waals surface area contributed by atoms with Crippen molar-refractivity contribution in [2.24, 2.45) is 0 Å². The Labute approximate surface area is 188 Å². The first-order valence-electron chi connectivity index (χ1n) is 10.4. The number of hydrogen-bond acceptors (Lipinski definition) is 7. The highest BCUT2D eigenvalue weighted by Crippen LogP contribution is 2.40. The van der Waals surface area contributed by atoms with E-state index in [1.807, 2.05) is 32.0 Å². The highest BCUT2D eigenvalue weighted by molar-refractivity contribution is 8.00. The summed E-state index contributed by atoms with van der Waals surface area (Å²) in [5.74, 6) is 1.54. The fourth-order valence-electron chi connectivity index (χ4n) is 3.93. The van der Waals surface area contributed by atoms with E-state index < -0.39 is 0 Å². The maximum absolute atomic E-state index is 12.5. The number of nitrogens with one attached hydrogen (secondary N) is 1. The Morgan fingerprint density at radius 3 is 2.94 bits per heavy atom. The van der Waals surface area contributed by atoms with Crippen LogP contribution in [0.15, 0.2) is 33.9 Å². The van der Waals surface area contributed by atoms with Gasteiger partial charge in [-0.3, -0.25) is 4.79 Å². The van der Waals surface area contributed by atoms with E-state index in [-0.39, 0.29) is 11.7 Å². The number of carbonyl (C=O) groups excluding carboxylic acids is 1. The average molecular weight is 454 g/mol. The van der Waals surface area contributed by atoms with E-state index in [4.69, 9.17) is 14.4 Å². The molecular formula is C22H23N5O2S2. The van der Waals surface area contributed by atoms with Crippen molar-refractivity contribution in [3.8, 4) is 5.95 Å². The van der Waals surface area contributed by atoms with Crippen LogP contribution >= 0.6 is 23.1 Å². The van der Waals surface area contributed by atoms with Crippen molar-refractivity contribution in [1.82, 2.24) is 25.1 Å². The summed E-state index contributed by atoms with van der Waals surface area (Å²) in [5, 5.41) is 9.45. The van der Waals surface area contributed by atoms with Gasteiger partial charge in [0.05, 0.1) is 24.3 Å². The molecule has 4 aromatic rings. The summed E-state index contributed by atoms with van der Waals surface area (Å²) < 4.78 is 7.07. The summed E-state index contributed by atoms with van der Waals surface area (Å²) in [6, 6.07) is 5.68. The van der Waals surface area contributed by atoms with Crippen LogP contribution in [-0.2, 0) is 24.2 Å². The lowest BCUT2D eigenvalue weighted by molar-refractivity contribution is -0.118. The molecule has 0 spiro atoms. The number of aryl methyl sites for hydroxylation is 4. The lowest BCUT2D eigenvalue weighted by Gasteiger charge is -2.12. The normalized spacial score (nSPS) is 13.5. The standard InChI is InChI=1S/C22H23N5O2S2/c1-13-10-14(2)27(26-13)22-24-20(30-12-18(28)23-11-15-6-5-9-29-15)19-16-7-3-4-8-17(16)31-21(19)25-22/h5-6,9-10H,3-4,7-8,11-12H2,1-2H3,(H,23,28). The highest BCUT2D eigenvalue weighted by atomic mass is 32.2. The van der Waals surface area contributed by atoms with Crippen LogP contribution in [0.4, 0.5) is 0 Å². The lowest BCUT2D eigenvalue weighted by Crippen LogP contribution is -2.24. The molecule has 160 valence electrons. The molecule has 1 amide bonds. The third kappa shape index (κ3) is 4.12. The molecule has 31 heavy (non-hydrogen) atoms. The molecule has 0 fully saturated rings. The summed E-state index contributed by atoms with van der Waals surface area (Å²) in [4.78, 5) is 24.6. The van der Waals surface area contributed by atoms with Crippen molar-refractivity contribution < 1.29 is 9.21 Å². The number of amides is 1. The molecule has 1 aliphatic rings. The molecule has 9 heteroatoms. The van der Waals surface area contributed by atoms with Gasteiger partial charge >= 0.3 is 0 Å². The predicted octanol–water partition coefficient (Wildman–Crippen LogP) is 4.37. The fourth-order valence-corrected chi connectivity index (χ4v) is 6.13. The SMILES string of the molecule is Cc1cc(C)n(-c2nc(SCC(=O)NCc3ccco3)c3c4c(sc3n2)CCCC4)n1. The molecule has 7 nitrogen and oxygen atoms in total. The van der Waals surface area contributed by atoms with Crippen molar-refractivity contribution in [1.29, 1.82) is 0 Å². The summed E-state index contributed by atoms with van der Waals surface area (Å²) >= 11 is 3.23. The van der Waals surface area contributed by atoms with Gasteiger partial charge in [0.1, 0.15) is 15.6 Å². The minimum Gasteiger partial charge on any atom is -0.467 e. The minimum atomic E-state index is -0.0510. The molecule has 1 N–H and O–H groups in total. The Morgan fingerprint density at radius 2 is 2.16 bits per heavy atom. The van der Waals surface area contributed by atoms with Gasteiger partial charge in [0.2, 0.25) is 5.91 Å². The Morgan fingerprint density at radius 1 is 1.29 bits per heavy atom. The third-order valence-electron chi connectivity index (χ3n) is 5.35. The molecule has 0 saturated heterocycles. The molecule has 4 heterocycles. The summed E-state index contributed by atoms with van der Waals surface area (Å²) in [7, 11) is 0. The van der Waals surface area contributed by atoms with Gasteiger partial charge in [-0.2, -0.15) is 10.1 Å². The Kier molecular flexibility index (Phi) is 5.54. The van der Waals surface area contributed by atoms with Gasteiger partial charge in [-0.1, -0.05) is 11.8 Å². The molecule has 0 aromatic carbocycles.